The average molecular weight is 305 g/mol. The van der Waals surface area contributed by atoms with E-state index < -0.39 is 0 Å². The van der Waals surface area contributed by atoms with Crippen molar-refractivity contribution in [2.45, 2.75) is 17.0 Å². The number of benzene rings is 1. The van der Waals surface area contributed by atoms with Crippen LogP contribution in [0.25, 0.3) is 0 Å². The molecule has 0 radical (unpaired) electrons. The molecule has 0 amide bonds. The van der Waals surface area contributed by atoms with E-state index in [9.17, 15) is 0 Å². The normalized spacial score (nSPS) is 9.95. The Morgan fingerprint density at radius 3 is 2.90 bits per heavy atom. The minimum Gasteiger partial charge on any atom is -0.495 e. The van der Waals surface area contributed by atoms with Crippen LogP contribution in [-0.2, 0) is 5.75 Å². The molecule has 1 aromatic carbocycles. The number of rotatable bonds is 4. The highest BCUT2D eigenvalue weighted by Gasteiger charge is 2.05. The van der Waals surface area contributed by atoms with Crippen LogP contribution in [0.5, 0.6) is 5.75 Å². The molecule has 0 saturated carbocycles. The van der Waals surface area contributed by atoms with Crippen LogP contribution in [0.3, 0.4) is 0 Å². The molecule has 2 aromatic rings. The Balaban J connectivity index is 2.12. The summed E-state index contributed by atoms with van der Waals surface area (Å²) in [6.45, 7) is 2.29. The third-order valence-corrected chi connectivity index (χ3v) is 4.50. The maximum absolute atomic E-state index is 5.41. The molecule has 0 fully saturated rings. The molecular weight excluding hydrogens is 290 g/mol. The maximum atomic E-state index is 5.41. The van der Waals surface area contributed by atoms with Crippen molar-refractivity contribution in [3.8, 4) is 17.6 Å². The predicted octanol–water partition coefficient (Wildman–Crippen LogP) is 2.46. The van der Waals surface area contributed by atoms with Crippen LogP contribution in [0.15, 0.2) is 22.5 Å². The quantitative estimate of drug-likeness (QED) is 0.694. The number of ether oxygens (including phenoxy) is 1. The number of thioether (sulfide) groups is 1. The van der Waals surface area contributed by atoms with E-state index in [4.69, 9.17) is 10.5 Å². The number of aryl methyl sites for hydroxylation is 1. The largest absolute Gasteiger partial charge is 0.495 e. The molecule has 0 aliphatic rings. The van der Waals surface area contributed by atoms with Gasteiger partial charge < -0.3 is 10.5 Å². The minimum atomic E-state index is 0.339. The Hall–Kier alpha value is -1.55. The zero-order valence-electron chi connectivity index (χ0n) is 11.3. The highest BCUT2D eigenvalue weighted by molar-refractivity contribution is 8.00. The van der Waals surface area contributed by atoms with Gasteiger partial charge >= 0.3 is 0 Å². The SMILES string of the molecule is COc1ccc(CSc2nnc(C)s2)cc1C#CCN. The molecule has 4 nitrogen and oxygen atoms in total. The van der Waals surface area contributed by atoms with Gasteiger partial charge in [-0.25, -0.2) is 0 Å². The van der Waals surface area contributed by atoms with Crippen LogP contribution in [0.4, 0.5) is 0 Å². The van der Waals surface area contributed by atoms with Crippen LogP contribution in [0.1, 0.15) is 16.1 Å². The van der Waals surface area contributed by atoms with E-state index in [0.717, 1.165) is 26.4 Å². The first kappa shape index (κ1) is 14.9. The molecule has 2 rings (SSSR count). The number of hydrogen-bond donors (Lipinski definition) is 1. The van der Waals surface area contributed by atoms with E-state index in [2.05, 4.69) is 22.0 Å². The lowest BCUT2D eigenvalue weighted by molar-refractivity contribution is 0.413. The van der Waals surface area contributed by atoms with Crippen molar-refractivity contribution in [2.75, 3.05) is 13.7 Å². The lowest BCUT2D eigenvalue weighted by atomic mass is 10.1. The number of nitrogens with zero attached hydrogens (tertiary/aromatic N) is 2. The monoisotopic (exact) mass is 305 g/mol. The molecule has 104 valence electrons. The van der Waals surface area contributed by atoms with Gasteiger partial charge in [0.2, 0.25) is 0 Å². The second kappa shape index (κ2) is 7.29. The van der Waals surface area contributed by atoms with Crippen molar-refractivity contribution >= 4 is 23.1 Å². The van der Waals surface area contributed by atoms with E-state index in [1.54, 1.807) is 30.2 Å². The first-order valence-electron chi connectivity index (χ1n) is 6.01. The van der Waals surface area contributed by atoms with Crippen LogP contribution in [-0.4, -0.2) is 23.9 Å². The zero-order valence-corrected chi connectivity index (χ0v) is 13.0. The topological polar surface area (TPSA) is 61.0 Å². The van der Waals surface area contributed by atoms with Crippen LogP contribution < -0.4 is 10.5 Å². The van der Waals surface area contributed by atoms with Gasteiger partial charge in [0.1, 0.15) is 10.8 Å². The Kier molecular flexibility index (Phi) is 5.41. The molecule has 0 bridgehead atoms. The molecule has 0 spiro atoms. The molecule has 6 heteroatoms. The first-order chi connectivity index (χ1) is 9.72. The first-order valence-corrected chi connectivity index (χ1v) is 7.82. The summed E-state index contributed by atoms with van der Waals surface area (Å²) < 4.78 is 6.27. The number of hydrogen-bond acceptors (Lipinski definition) is 6. The molecule has 0 atom stereocenters. The van der Waals surface area contributed by atoms with Crippen LogP contribution in [0, 0.1) is 18.8 Å². The van der Waals surface area contributed by atoms with Crippen molar-refractivity contribution in [1.29, 1.82) is 0 Å². The fourth-order valence-corrected chi connectivity index (χ4v) is 3.33. The Labute approximate surface area is 126 Å². The smallest absolute Gasteiger partial charge is 0.174 e. The van der Waals surface area contributed by atoms with Crippen molar-refractivity contribution in [3.63, 3.8) is 0 Å². The summed E-state index contributed by atoms with van der Waals surface area (Å²) in [6, 6.07) is 6.00. The van der Waals surface area contributed by atoms with Crippen molar-refractivity contribution in [3.05, 3.63) is 34.3 Å². The van der Waals surface area contributed by atoms with E-state index in [1.807, 2.05) is 25.1 Å². The summed E-state index contributed by atoms with van der Waals surface area (Å²) in [4.78, 5) is 0. The minimum absolute atomic E-state index is 0.339. The second-order valence-corrected chi connectivity index (χ2v) is 6.32. The molecule has 0 unspecified atom stereocenters. The Morgan fingerprint density at radius 2 is 2.25 bits per heavy atom. The standard InChI is InChI=1S/C14H15N3OS2/c1-10-16-17-14(20-10)19-9-11-5-6-13(18-2)12(8-11)4-3-7-15/h5-6,8H,7,9,15H2,1-2H3. The van der Waals surface area contributed by atoms with Crippen LogP contribution in [0.2, 0.25) is 0 Å². The van der Waals surface area contributed by atoms with Gasteiger partial charge in [-0.3, -0.25) is 0 Å². The van der Waals surface area contributed by atoms with E-state index >= 15 is 0 Å². The molecule has 0 aliphatic heterocycles. The summed E-state index contributed by atoms with van der Waals surface area (Å²) >= 11 is 3.28. The molecule has 1 aromatic heterocycles. The van der Waals surface area contributed by atoms with Gasteiger partial charge in [0.25, 0.3) is 0 Å². The van der Waals surface area contributed by atoms with Gasteiger partial charge in [0.05, 0.1) is 19.2 Å². The zero-order chi connectivity index (χ0) is 14.4. The van der Waals surface area contributed by atoms with Crippen molar-refractivity contribution in [1.82, 2.24) is 10.2 Å². The molecule has 0 aliphatic carbocycles. The summed E-state index contributed by atoms with van der Waals surface area (Å²) in [7, 11) is 1.64. The lowest BCUT2D eigenvalue weighted by Crippen LogP contribution is -1.94. The average Bonchev–Trinajstić information content (AvgIpc) is 2.88. The summed E-state index contributed by atoms with van der Waals surface area (Å²) in [5.41, 5.74) is 7.45. The van der Waals surface area contributed by atoms with Crippen molar-refractivity contribution in [2.24, 2.45) is 5.73 Å². The molecule has 1 heterocycles. The second-order valence-electron chi connectivity index (χ2n) is 3.92. The number of nitrogens with two attached hydrogens (primary N) is 1. The third kappa shape index (κ3) is 3.97. The summed E-state index contributed by atoms with van der Waals surface area (Å²) in [6.07, 6.45) is 0. The van der Waals surface area contributed by atoms with Gasteiger partial charge in [0.15, 0.2) is 4.34 Å². The third-order valence-electron chi connectivity index (χ3n) is 2.46. The Bertz CT molecular complexity index is 643. The van der Waals surface area contributed by atoms with E-state index in [0.29, 0.717) is 6.54 Å². The highest BCUT2D eigenvalue weighted by Crippen LogP contribution is 2.27. The van der Waals surface area contributed by atoms with Gasteiger partial charge in [0, 0.05) is 5.75 Å². The van der Waals surface area contributed by atoms with Gasteiger partial charge in [-0.2, -0.15) is 0 Å². The Morgan fingerprint density at radius 1 is 1.40 bits per heavy atom. The van der Waals surface area contributed by atoms with E-state index in [1.165, 1.54) is 5.56 Å². The highest BCUT2D eigenvalue weighted by atomic mass is 32.2. The number of aromatic nitrogens is 2. The summed E-state index contributed by atoms with van der Waals surface area (Å²) in [5.74, 6) is 7.49. The maximum Gasteiger partial charge on any atom is 0.174 e. The lowest BCUT2D eigenvalue weighted by Gasteiger charge is -2.06. The predicted molar refractivity (Wildman–Crippen MR) is 83.1 cm³/mol. The van der Waals surface area contributed by atoms with Crippen molar-refractivity contribution < 1.29 is 4.74 Å². The molecule has 2 N–H and O–H groups in total. The van der Waals surface area contributed by atoms with Gasteiger partial charge in [-0.15, -0.1) is 10.2 Å². The molecular formula is C14H15N3OS2. The van der Waals surface area contributed by atoms with E-state index in [-0.39, 0.29) is 0 Å². The van der Waals surface area contributed by atoms with Gasteiger partial charge in [-0.1, -0.05) is 41.0 Å². The summed E-state index contributed by atoms with van der Waals surface area (Å²) in [5, 5.41) is 9.09. The van der Waals surface area contributed by atoms with Gasteiger partial charge in [-0.05, 0) is 24.6 Å². The fraction of sp³-hybridized carbons (Fsp3) is 0.286. The molecule has 0 saturated heterocycles. The fourth-order valence-electron chi connectivity index (χ4n) is 1.57. The van der Waals surface area contributed by atoms with Crippen LogP contribution >= 0.6 is 23.1 Å². The molecule has 20 heavy (non-hydrogen) atoms. The number of methoxy groups -OCH3 is 1.